The minimum absolute atomic E-state index is 0.0518. The van der Waals surface area contributed by atoms with Crippen molar-refractivity contribution >= 4 is 91.2 Å². The maximum atomic E-state index is 12.9. The zero-order chi connectivity index (χ0) is 23.7. The number of aliphatic hydroxyl groups is 4. The average Bonchev–Trinajstić information content (AvgIpc) is 2.73. The number of carbonyl (C=O) groups is 3. The summed E-state index contributed by atoms with van der Waals surface area (Å²) in [5, 5.41) is 44.6. The predicted octanol–water partition coefficient (Wildman–Crippen LogP) is -0.749. The minimum atomic E-state index is -0.921. The van der Waals surface area contributed by atoms with E-state index in [0.717, 1.165) is 0 Å². The van der Waals surface area contributed by atoms with Gasteiger partial charge < -0.3 is 41.1 Å². The number of halogens is 3. The Balaban J connectivity index is 3.62. The van der Waals surface area contributed by atoms with Crippen molar-refractivity contribution in [3.05, 3.63) is 21.8 Å². The lowest BCUT2D eigenvalue weighted by Gasteiger charge is -2.22. The lowest BCUT2D eigenvalue weighted by atomic mass is 10.1. The zero-order valence-corrected chi connectivity index (χ0v) is 22.7. The summed E-state index contributed by atoms with van der Waals surface area (Å²) >= 11 is 5.53. The Hall–Kier alpha value is -0.380. The summed E-state index contributed by atoms with van der Waals surface area (Å²) < 4.78 is 5.72. The highest BCUT2D eigenvalue weighted by molar-refractivity contribution is 14.1. The minimum Gasteiger partial charge on any atom is -0.394 e. The molecule has 3 amide bonds. The summed E-state index contributed by atoms with van der Waals surface area (Å²) in [5.41, 5.74) is 0.305. The van der Waals surface area contributed by atoms with Crippen LogP contribution in [0.1, 0.15) is 20.7 Å². The average molecular weight is 777 g/mol. The number of benzene rings is 1. The molecule has 1 aromatic carbocycles. The number of methoxy groups -OCH3 is 1. The molecule has 0 saturated carbocycles. The molecule has 0 unspecified atom stereocenters. The molecule has 31 heavy (non-hydrogen) atoms. The van der Waals surface area contributed by atoms with E-state index in [1.165, 1.54) is 7.11 Å². The van der Waals surface area contributed by atoms with Crippen molar-refractivity contribution in [1.29, 1.82) is 0 Å². The number of amides is 3. The van der Waals surface area contributed by atoms with Crippen LogP contribution < -0.4 is 16.0 Å². The van der Waals surface area contributed by atoms with Gasteiger partial charge in [-0.2, -0.15) is 0 Å². The van der Waals surface area contributed by atoms with Crippen molar-refractivity contribution in [1.82, 2.24) is 10.6 Å². The maximum absolute atomic E-state index is 12.9. The summed E-state index contributed by atoms with van der Waals surface area (Å²) in [6.07, 6.45) is 0. The molecule has 0 aliphatic rings. The van der Waals surface area contributed by atoms with Crippen LogP contribution in [0.15, 0.2) is 0 Å². The monoisotopic (exact) mass is 777 g/mol. The van der Waals surface area contributed by atoms with Crippen LogP contribution in [0.4, 0.5) is 5.69 Å². The van der Waals surface area contributed by atoms with E-state index >= 15 is 0 Å². The Morgan fingerprint density at radius 1 is 0.806 bits per heavy atom. The molecular formula is C17H22I3N3O8. The lowest BCUT2D eigenvalue weighted by molar-refractivity contribution is -0.119. The summed E-state index contributed by atoms with van der Waals surface area (Å²) in [6.45, 7) is -2.26. The van der Waals surface area contributed by atoms with Crippen LogP contribution in [0.2, 0.25) is 0 Å². The van der Waals surface area contributed by atoms with E-state index in [1.54, 1.807) is 0 Å². The van der Waals surface area contributed by atoms with Gasteiger partial charge in [0.2, 0.25) is 5.91 Å². The van der Waals surface area contributed by atoms with Gasteiger partial charge in [0.15, 0.2) is 0 Å². The van der Waals surface area contributed by atoms with Gasteiger partial charge in [0, 0.05) is 10.7 Å². The number of aliphatic hydroxyl groups excluding tert-OH is 4. The van der Waals surface area contributed by atoms with E-state index in [1.807, 2.05) is 67.8 Å². The van der Waals surface area contributed by atoms with Gasteiger partial charge in [-0.1, -0.05) is 0 Å². The third-order valence-electron chi connectivity index (χ3n) is 3.86. The molecule has 11 nitrogen and oxygen atoms in total. The van der Waals surface area contributed by atoms with Gasteiger partial charge in [0.25, 0.3) is 11.8 Å². The molecule has 0 spiro atoms. The molecule has 0 radical (unpaired) electrons. The first-order chi connectivity index (χ1) is 14.7. The highest BCUT2D eigenvalue weighted by atomic mass is 127. The Morgan fingerprint density at radius 3 is 1.52 bits per heavy atom. The number of rotatable bonds is 11. The van der Waals surface area contributed by atoms with Crippen LogP contribution in [0, 0.1) is 10.7 Å². The predicted molar refractivity (Wildman–Crippen MR) is 136 cm³/mol. The van der Waals surface area contributed by atoms with Crippen molar-refractivity contribution in [2.24, 2.45) is 0 Å². The fraction of sp³-hybridized carbons (Fsp3) is 0.471. The van der Waals surface area contributed by atoms with E-state index in [0.29, 0.717) is 7.14 Å². The molecule has 0 bridgehead atoms. The molecule has 0 aliphatic carbocycles. The van der Waals surface area contributed by atoms with E-state index < -0.39 is 56.2 Å². The van der Waals surface area contributed by atoms with Crippen LogP contribution in [0.25, 0.3) is 0 Å². The summed E-state index contributed by atoms with van der Waals surface area (Å²) in [7, 11) is 1.34. The Morgan fingerprint density at radius 2 is 1.19 bits per heavy atom. The largest absolute Gasteiger partial charge is 0.394 e. The number of hydrogen-bond acceptors (Lipinski definition) is 8. The van der Waals surface area contributed by atoms with Gasteiger partial charge in [-0.3, -0.25) is 14.4 Å². The molecule has 7 N–H and O–H groups in total. The van der Waals surface area contributed by atoms with E-state index in [4.69, 9.17) is 4.74 Å². The second-order valence-corrected chi connectivity index (χ2v) is 9.36. The zero-order valence-electron chi connectivity index (χ0n) is 16.2. The van der Waals surface area contributed by atoms with E-state index in [9.17, 15) is 34.8 Å². The molecule has 174 valence electrons. The first-order valence-corrected chi connectivity index (χ1v) is 11.9. The summed E-state index contributed by atoms with van der Waals surface area (Å²) in [5.74, 6) is -1.85. The van der Waals surface area contributed by atoms with Crippen molar-refractivity contribution in [2.45, 2.75) is 12.1 Å². The highest BCUT2D eigenvalue weighted by Gasteiger charge is 2.30. The van der Waals surface area contributed by atoms with Crippen LogP contribution in [0.5, 0.6) is 0 Å². The van der Waals surface area contributed by atoms with Crippen molar-refractivity contribution < 1.29 is 39.5 Å². The van der Waals surface area contributed by atoms with Crippen molar-refractivity contribution in [3.8, 4) is 0 Å². The number of ether oxygens (including phenoxy) is 1. The van der Waals surface area contributed by atoms with Crippen LogP contribution in [-0.4, -0.2) is 90.4 Å². The number of carbonyl (C=O) groups excluding carboxylic acids is 3. The number of nitrogens with one attached hydrogen (secondary N) is 3. The van der Waals surface area contributed by atoms with Gasteiger partial charge in [-0.05, 0) is 67.8 Å². The fourth-order valence-corrected chi connectivity index (χ4v) is 6.71. The Kier molecular flexibility index (Phi) is 12.9. The molecule has 0 aliphatic heterocycles. The maximum Gasteiger partial charge on any atom is 0.253 e. The van der Waals surface area contributed by atoms with Crippen LogP contribution in [-0.2, 0) is 9.53 Å². The topological polar surface area (TPSA) is 177 Å². The van der Waals surface area contributed by atoms with Gasteiger partial charge in [-0.15, -0.1) is 0 Å². The number of hydrogen-bond donors (Lipinski definition) is 7. The molecule has 0 saturated heterocycles. The lowest BCUT2D eigenvalue weighted by Crippen LogP contribution is -2.42. The quantitative estimate of drug-likeness (QED) is 0.144. The number of anilines is 1. The first-order valence-electron chi connectivity index (χ1n) is 8.71. The molecular weight excluding hydrogens is 755 g/mol. The van der Waals surface area contributed by atoms with Crippen LogP contribution >= 0.6 is 67.8 Å². The molecule has 0 atom stereocenters. The molecule has 0 heterocycles. The molecule has 14 heteroatoms. The Labute approximate surface area is 219 Å². The van der Waals surface area contributed by atoms with Crippen molar-refractivity contribution in [3.63, 3.8) is 0 Å². The van der Waals surface area contributed by atoms with Gasteiger partial charge >= 0.3 is 0 Å². The molecule has 0 aromatic heterocycles. The summed E-state index contributed by atoms with van der Waals surface area (Å²) in [6, 6.07) is -1.84. The summed E-state index contributed by atoms with van der Waals surface area (Å²) in [4.78, 5) is 37.9. The fourth-order valence-electron chi connectivity index (χ4n) is 2.29. The van der Waals surface area contributed by atoms with Gasteiger partial charge in [0.1, 0.15) is 6.61 Å². The SMILES string of the molecule is COCC(=O)Nc1c(I)c(C(=O)NC(CO)CO)c(I)c(C(=O)NC(CO)CO)c1I. The van der Waals surface area contributed by atoms with Crippen LogP contribution in [0.3, 0.4) is 0 Å². The van der Waals surface area contributed by atoms with E-state index in [2.05, 4.69) is 16.0 Å². The normalized spacial score (nSPS) is 11.0. The highest BCUT2D eigenvalue weighted by Crippen LogP contribution is 2.36. The second-order valence-electron chi connectivity index (χ2n) is 6.12. The van der Waals surface area contributed by atoms with Gasteiger partial charge in [0.05, 0.1) is 62.5 Å². The smallest absolute Gasteiger partial charge is 0.253 e. The third kappa shape index (κ3) is 7.57. The Bertz CT molecular complexity index is 763. The van der Waals surface area contributed by atoms with E-state index in [-0.39, 0.29) is 27.0 Å². The van der Waals surface area contributed by atoms with Crippen molar-refractivity contribution in [2.75, 3.05) is 45.5 Å². The first kappa shape index (κ1) is 28.7. The molecule has 0 fully saturated rings. The third-order valence-corrected chi connectivity index (χ3v) is 7.10. The molecule has 1 rings (SSSR count). The molecule has 1 aromatic rings. The van der Waals surface area contributed by atoms with Gasteiger partial charge in [-0.25, -0.2) is 0 Å². The standard InChI is InChI=1S/C17H22I3N3O8/c1-31-6-9(28)23-15-13(19)10(16(29)21-7(2-24)3-25)12(18)11(14(15)20)17(30)22-8(4-26)5-27/h7-8,24-27H,2-6H2,1H3,(H,21,29)(H,22,30)(H,23,28). The second kappa shape index (κ2) is 14.0.